The first-order valence-corrected chi connectivity index (χ1v) is 18.7. The first-order valence-electron chi connectivity index (χ1n) is 18.7. The number of H-pyrrole nitrogens is 1. The normalized spacial score (nSPS) is 12.9. The number of fused-ring (bicyclic) bond motifs is 1. The van der Waals surface area contributed by atoms with E-state index in [-0.39, 0.29) is 55.2 Å². The van der Waals surface area contributed by atoms with E-state index in [9.17, 15) is 28.4 Å². The molecule has 4 aromatic rings. The summed E-state index contributed by atoms with van der Waals surface area (Å²) in [7, 11) is 1.49. The Bertz CT molecular complexity index is 2110. The van der Waals surface area contributed by atoms with Gasteiger partial charge in [-0.1, -0.05) is 62.4 Å². The van der Waals surface area contributed by atoms with Crippen LogP contribution in [0.4, 0.5) is 20.6 Å². The number of ether oxygens (including phenoxy) is 2. The van der Waals surface area contributed by atoms with Crippen LogP contribution in [-0.2, 0) is 37.1 Å². The second kappa shape index (κ2) is 19.0. The van der Waals surface area contributed by atoms with Crippen LogP contribution in [-0.4, -0.2) is 72.9 Å². The first-order chi connectivity index (χ1) is 26.9. The van der Waals surface area contributed by atoms with Gasteiger partial charge in [0.25, 0.3) is 11.8 Å². The molecule has 13 heteroatoms. The first kappa shape index (κ1) is 41.1. The minimum absolute atomic E-state index is 0.00918. The molecule has 0 fully saturated rings. The highest BCUT2D eigenvalue weighted by Gasteiger charge is 2.39. The molecule has 294 valence electrons. The van der Waals surface area contributed by atoms with Crippen molar-refractivity contribution in [2.24, 2.45) is 0 Å². The highest BCUT2D eigenvalue weighted by atomic mass is 19.1. The van der Waals surface area contributed by atoms with Gasteiger partial charge in [-0.3, -0.25) is 24.1 Å². The number of nitrogens with zero attached hydrogens (tertiary/aromatic N) is 3. The molecule has 5 rings (SSSR count). The van der Waals surface area contributed by atoms with Crippen LogP contribution in [0.3, 0.4) is 0 Å². The SMILES string of the molecule is CCN(CC)CCNC(=O)c1c(C)[nH]c(/C=C2\C(=O)N(C(=O)N(C)c3ccccc3COC(=O)CCCC(=O)OCc3ccccc3)c3ccc(F)cc32)c1C. The number of hydrogen-bond acceptors (Lipinski definition) is 8. The van der Waals surface area contributed by atoms with E-state index in [0.29, 0.717) is 46.9 Å². The third-order valence-electron chi connectivity index (χ3n) is 9.75. The van der Waals surface area contributed by atoms with E-state index >= 15 is 0 Å². The fourth-order valence-electron chi connectivity index (χ4n) is 6.58. The third kappa shape index (κ3) is 9.77. The molecule has 4 amide bonds. The number of para-hydroxylation sites is 1. The van der Waals surface area contributed by atoms with E-state index < -0.39 is 29.7 Å². The molecule has 0 radical (unpaired) electrons. The van der Waals surface area contributed by atoms with Gasteiger partial charge in [0.2, 0.25) is 0 Å². The number of benzene rings is 3. The number of likely N-dealkylation sites (N-methyl/N-ethyl adjacent to an activating group) is 1. The molecule has 2 N–H and O–H groups in total. The second-order valence-corrected chi connectivity index (χ2v) is 13.4. The van der Waals surface area contributed by atoms with Gasteiger partial charge < -0.3 is 24.7 Å². The molecule has 2 heterocycles. The van der Waals surface area contributed by atoms with Gasteiger partial charge in [-0.15, -0.1) is 0 Å². The fourth-order valence-corrected chi connectivity index (χ4v) is 6.58. The summed E-state index contributed by atoms with van der Waals surface area (Å²) in [6, 6.07) is 19.1. The summed E-state index contributed by atoms with van der Waals surface area (Å²) in [5.74, 6) is -2.46. The molecule has 12 nitrogen and oxygen atoms in total. The lowest BCUT2D eigenvalue weighted by molar-refractivity contribution is -0.146. The number of aryl methyl sites for hydroxylation is 1. The zero-order chi connectivity index (χ0) is 40.4. The Hall–Kier alpha value is -6.08. The Morgan fingerprint density at radius 1 is 0.893 bits per heavy atom. The van der Waals surface area contributed by atoms with Gasteiger partial charge in [-0.2, -0.15) is 0 Å². The van der Waals surface area contributed by atoms with E-state index in [1.165, 1.54) is 30.1 Å². The Morgan fingerprint density at radius 2 is 1.55 bits per heavy atom. The van der Waals surface area contributed by atoms with E-state index in [2.05, 4.69) is 29.0 Å². The number of esters is 2. The van der Waals surface area contributed by atoms with Crippen molar-refractivity contribution in [2.45, 2.75) is 60.2 Å². The van der Waals surface area contributed by atoms with Crippen molar-refractivity contribution in [3.8, 4) is 0 Å². The number of aromatic nitrogens is 1. The zero-order valence-electron chi connectivity index (χ0n) is 32.4. The topological polar surface area (TPSA) is 141 Å². The van der Waals surface area contributed by atoms with Gasteiger partial charge in [0.05, 0.1) is 22.5 Å². The monoisotopic (exact) mass is 765 g/mol. The molecule has 0 bridgehead atoms. The van der Waals surface area contributed by atoms with E-state index in [0.717, 1.165) is 23.6 Å². The number of carbonyl (C=O) groups is 5. The number of halogens is 1. The Kier molecular flexibility index (Phi) is 13.9. The van der Waals surface area contributed by atoms with Crippen molar-refractivity contribution in [1.82, 2.24) is 15.2 Å². The smallest absolute Gasteiger partial charge is 0.335 e. The van der Waals surface area contributed by atoms with Gasteiger partial charge in [0, 0.05) is 55.5 Å². The summed E-state index contributed by atoms with van der Waals surface area (Å²) in [6.07, 6.45) is 1.83. The number of nitrogens with one attached hydrogen (secondary N) is 2. The lowest BCUT2D eigenvalue weighted by atomic mass is 10.0. The number of imide groups is 1. The van der Waals surface area contributed by atoms with E-state index in [1.54, 1.807) is 44.2 Å². The summed E-state index contributed by atoms with van der Waals surface area (Å²) < 4.78 is 25.4. The predicted octanol–water partition coefficient (Wildman–Crippen LogP) is 6.94. The summed E-state index contributed by atoms with van der Waals surface area (Å²) in [5, 5.41) is 2.97. The van der Waals surface area contributed by atoms with Crippen LogP contribution in [0.15, 0.2) is 72.8 Å². The molecule has 1 aliphatic rings. The fraction of sp³-hybridized carbons (Fsp3) is 0.326. The van der Waals surface area contributed by atoms with Crippen LogP contribution in [0.1, 0.15) is 77.1 Å². The molecular weight excluding hydrogens is 717 g/mol. The third-order valence-corrected chi connectivity index (χ3v) is 9.75. The second-order valence-electron chi connectivity index (χ2n) is 13.4. The van der Waals surface area contributed by atoms with Crippen LogP contribution in [0.25, 0.3) is 11.6 Å². The summed E-state index contributed by atoms with van der Waals surface area (Å²) >= 11 is 0. The van der Waals surface area contributed by atoms with Gasteiger partial charge >= 0.3 is 18.0 Å². The molecule has 56 heavy (non-hydrogen) atoms. The van der Waals surface area contributed by atoms with E-state index in [4.69, 9.17) is 9.47 Å². The molecule has 0 atom stereocenters. The zero-order valence-corrected chi connectivity index (χ0v) is 32.4. The number of rotatable bonds is 16. The van der Waals surface area contributed by atoms with Gasteiger partial charge in [0.1, 0.15) is 19.0 Å². The van der Waals surface area contributed by atoms with E-state index in [1.807, 2.05) is 30.3 Å². The highest BCUT2D eigenvalue weighted by molar-refractivity contribution is 6.43. The van der Waals surface area contributed by atoms with Crippen molar-refractivity contribution < 1.29 is 37.8 Å². The van der Waals surface area contributed by atoms with Crippen LogP contribution >= 0.6 is 0 Å². The van der Waals surface area contributed by atoms with Gasteiger partial charge in [-0.25, -0.2) is 14.1 Å². The summed E-state index contributed by atoms with van der Waals surface area (Å²) in [6.45, 7) is 10.6. The van der Waals surface area contributed by atoms with Crippen LogP contribution in [0.5, 0.6) is 0 Å². The van der Waals surface area contributed by atoms with Crippen LogP contribution in [0.2, 0.25) is 0 Å². The number of aromatic amines is 1. The van der Waals surface area contributed by atoms with Crippen molar-refractivity contribution in [1.29, 1.82) is 0 Å². The molecule has 0 saturated carbocycles. The number of amides is 4. The number of anilines is 2. The quantitative estimate of drug-likeness (QED) is 0.0924. The number of carbonyl (C=O) groups excluding carboxylic acids is 5. The standard InChI is InChI=1S/C43H48FN5O7/c1-6-48(7-2)23-22-45-41(52)40-28(3)35(46-29(40)4)25-34-33-24-32(44)20-21-37(33)49(42(34)53)43(54)47(5)36-17-12-11-16-31(36)27-56-39(51)19-13-18-38(50)55-26-30-14-9-8-10-15-30/h8-12,14-17,20-21,24-25,46H,6-7,13,18-19,22-23,26-27H2,1-5H3,(H,45,52)/b34-25-. The lowest BCUT2D eigenvalue weighted by Crippen LogP contribution is -2.43. The van der Waals surface area contributed by atoms with Crippen molar-refractivity contribution >= 4 is 52.8 Å². The molecule has 0 aliphatic carbocycles. The lowest BCUT2D eigenvalue weighted by Gasteiger charge is -2.25. The summed E-state index contributed by atoms with van der Waals surface area (Å²) in [5.41, 5.74) is 4.39. The van der Waals surface area contributed by atoms with Crippen molar-refractivity contribution in [3.05, 3.63) is 118 Å². The molecule has 1 aromatic heterocycles. The van der Waals surface area contributed by atoms with Crippen molar-refractivity contribution in [3.63, 3.8) is 0 Å². The maximum atomic E-state index is 14.7. The van der Waals surface area contributed by atoms with Crippen molar-refractivity contribution in [2.75, 3.05) is 43.0 Å². The Balaban J connectivity index is 1.26. The molecular formula is C43H48FN5O7. The van der Waals surface area contributed by atoms with Gasteiger partial charge in [0.15, 0.2) is 0 Å². The maximum absolute atomic E-state index is 14.7. The maximum Gasteiger partial charge on any atom is 0.335 e. The summed E-state index contributed by atoms with van der Waals surface area (Å²) in [4.78, 5) is 73.8. The minimum atomic E-state index is -0.716. The molecule has 3 aromatic carbocycles. The number of hydrogen-bond donors (Lipinski definition) is 2. The Labute approximate surface area is 326 Å². The minimum Gasteiger partial charge on any atom is -0.461 e. The molecule has 0 saturated heterocycles. The molecule has 0 spiro atoms. The Morgan fingerprint density at radius 3 is 2.25 bits per heavy atom. The van der Waals surface area contributed by atoms with Gasteiger partial charge in [-0.05, 0) is 74.8 Å². The number of urea groups is 1. The predicted molar refractivity (Wildman–Crippen MR) is 212 cm³/mol. The average Bonchev–Trinajstić information content (AvgIpc) is 3.63. The molecule has 0 unspecified atom stereocenters. The molecule has 1 aliphatic heterocycles. The highest BCUT2D eigenvalue weighted by Crippen LogP contribution is 2.40. The van der Waals surface area contributed by atoms with Crippen LogP contribution < -0.4 is 15.1 Å². The van der Waals surface area contributed by atoms with Crippen LogP contribution in [0, 0.1) is 19.7 Å². The largest absolute Gasteiger partial charge is 0.461 e. The average molecular weight is 766 g/mol.